The van der Waals surface area contributed by atoms with Crippen molar-refractivity contribution in [3.05, 3.63) is 24.2 Å². The van der Waals surface area contributed by atoms with E-state index in [1.807, 2.05) is 6.26 Å². The van der Waals surface area contributed by atoms with E-state index in [9.17, 15) is 0 Å². The van der Waals surface area contributed by atoms with E-state index in [0.717, 1.165) is 32.1 Å². The van der Waals surface area contributed by atoms with Crippen LogP contribution >= 0.6 is 0 Å². The Balaban J connectivity index is 1.92. The predicted octanol–water partition coefficient (Wildman–Crippen LogP) is 2.23. The molecule has 1 unspecified atom stereocenters. The molecule has 0 saturated carbocycles. The Hall–Kier alpha value is -0.800. The molecule has 0 aliphatic carbocycles. The van der Waals surface area contributed by atoms with E-state index in [1.54, 1.807) is 6.26 Å². The van der Waals surface area contributed by atoms with Crippen molar-refractivity contribution < 1.29 is 9.15 Å². The molecule has 1 aromatic rings. The van der Waals surface area contributed by atoms with Crippen molar-refractivity contribution in [2.75, 3.05) is 19.8 Å². The highest BCUT2D eigenvalue weighted by atomic mass is 16.5. The maximum absolute atomic E-state index is 5.42. The summed E-state index contributed by atoms with van der Waals surface area (Å²) in [7, 11) is 0. The van der Waals surface area contributed by atoms with Gasteiger partial charge in [-0.2, -0.15) is 0 Å². The number of hydrogen-bond acceptors (Lipinski definition) is 3. The first-order valence-electron chi connectivity index (χ1n) is 6.22. The highest BCUT2D eigenvalue weighted by Crippen LogP contribution is 2.21. The zero-order valence-electron chi connectivity index (χ0n) is 9.95. The van der Waals surface area contributed by atoms with Crippen LogP contribution in [0.2, 0.25) is 0 Å². The summed E-state index contributed by atoms with van der Waals surface area (Å²) < 4.78 is 10.5. The fraction of sp³-hybridized carbons (Fsp3) is 0.692. The molecule has 1 aliphatic rings. The Labute approximate surface area is 97.2 Å². The van der Waals surface area contributed by atoms with E-state index in [2.05, 4.69) is 18.3 Å². The van der Waals surface area contributed by atoms with Gasteiger partial charge in [-0.25, -0.2) is 0 Å². The average molecular weight is 223 g/mol. The first kappa shape index (κ1) is 11.7. The Morgan fingerprint density at radius 3 is 2.88 bits per heavy atom. The second kappa shape index (κ2) is 6.06. The molecule has 3 heteroatoms. The third-order valence-corrected chi connectivity index (χ3v) is 3.34. The van der Waals surface area contributed by atoms with Gasteiger partial charge in [0, 0.05) is 19.3 Å². The van der Waals surface area contributed by atoms with Crippen LogP contribution in [0.25, 0.3) is 0 Å². The van der Waals surface area contributed by atoms with Crippen molar-refractivity contribution in [3.63, 3.8) is 0 Å². The lowest BCUT2D eigenvalue weighted by Gasteiger charge is -2.30. The van der Waals surface area contributed by atoms with Crippen molar-refractivity contribution >= 4 is 0 Å². The highest BCUT2D eigenvalue weighted by Gasteiger charge is 2.23. The molecule has 3 nitrogen and oxygen atoms in total. The van der Waals surface area contributed by atoms with Crippen LogP contribution in [0.4, 0.5) is 0 Å². The summed E-state index contributed by atoms with van der Waals surface area (Å²) in [4.78, 5) is 0. The van der Waals surface area contributed by atoms with Gasteiger partial charge < -0.3 is 14.5 Å². The van der Waals surface area contributed by atoms with E-state index in [0.29, 0.717) is 6.04 Å². The molecule has 1 N–H and O–H groups in total. The standard InChI is InChI=1S/C13H21NO2/c1-2-14-13(9-11-3-6-16-10-11)12-4-7-15-8-5-12/h3,6,10,12-14H,2,4-5,7-9H2,1H3. The van der Waals surface area contributed by atoms with E-state index in [-0.39, 0.29) is 0 Å². The first-order valence-corrected chi connectivity index (χ1v) is 6.22. The van der Waals surface area contributed by atoms with Gasteiger partial charge in [0.2, 0.25) is 0 Å². The Morgan fingerprint density at radius 2 is 2.25 bits per heavy atom. The molecule has 1 fully saturated rings. The zero-order chi connectivity index (χ0) is 11.2. The second-order valence-corrected chi connectivity index (χ2v) is 4.45. The molecule has 0 radical (unpaired) electrons. The van der Waals surface area contributed by atoms with Crippen LogP contribution in [0, 0.1) is 5.92 Å². The van der Waals surface area contributed by atoms with Crippen LogP contribution in [-0.4, -0.2) is 25.8 Å². The fourth-order valence-electron chi connectivity index (χ4n) is 2.45. The van der Waals surface area contributed by atoms with Gasteiger partial charge in [0.05, 0.1) is 12.5 Å². The van der Waals surface area contributed by atoms with Gasteiger partial charge in [-0.3, -0.25) is 0 Å². The van der Waals surface area contributed by atoms with Gasteiger partial charge in [-0.15, -0.1) is 0 Å². The van der Waals surface area contributed by atoms with Crippen LogP contribution in [-0.2, 0) is 11.2 Å². The smallest absolute Gasteiger partial charge is 0.0935 e. The van der Waals surface area contributed by atoms with Crippen molar-refractivity contribution in [1.82, 2.24) is 5.32 Å². The predicted molar refractivity (Wildman–Crippen MR) is 63.4 cm³/mol. The largest absolute Gasteiger partial charge is 0.472 e. The summed E-state index contributed by atoms with van der Waals surface area (Å²) in [6.45, 7) is 5.03. The van der Waals surface area contributed by atoms with Gasteiger partial charge >= 0.3 is 0 Å². The number of hydrogen-bond donors (Lipinski definition) is 1. The molecule has 2 rings (SSSR count). The number of likely N-dealkylation sites (N-methyl/N-ethyl adjacent to an activating group) is 1. The summed E-state index contributed by atoms with van der Waals surface area (Å²) >= 11 is 0. The first-order chi connectivity index (χ1) is 7.90. The van der Waals surface area contributed by atoms with Gasteiger partial charge in [0.25, 0.3) is 0 Å². The van der Waals surface area contributed by atoms with Crippen molar-refractivity contribution in [2.24, 2.45) is 5.92 Å². The van der Waals surface area contributed by atoms with Crippen molar-refractivity contribution in [1.29, 1.82) is 0 Å². The van der Waals surface area contributed by atoms with Crippen molar-refractivity contribution in [3.8, 4) is 0 Å². The van der Waals surface area contributed by atoms with Crippen LogP contribution in [0.15, 0.2) is 23.0 Å². The third kappa shape index (κ3) is 3.09. The van der Waals surface area contributed by atoms with Gasteiger partial charge in [0.15, 0.2) is 0 Å². The molecule has 0 aromatic carbocycles. The summed E-state index contributed by atoms with van der Waals surface area (Å²) in [5, 5.41) is 3.59. The molecule has 1 aliphatic heterocycles. The minimum atomic E-state index is 0.562. The molecule has 2 heterocycles. The SMILES string of the molecule is CCNC(Cc1ccoc1)C1CCOCC1. The summed E-state index contributed by atoms with van der Waals surface area (Å²) in [6.07, 6.45) is 7.02. The van der Waals surface area contributed by atoms with Gasteiger partial charge in [-0.05, 0) is 43.4 Å². The summed E-state index contributed by atoms with van der Waals surface area (Å²) in [5.41, 5.74) is 1.29. The lowest BCUT2D eigenvalue weighted by atomic mass is 9.88. The van der Waals surface area contributed by atoms with Gasteiger partial charge in [0.1, 0.15) is 0 Å². The molecule has 1 aromatic heterocycles. The number of nitrogens with one attached hydrogen (secondary N) is 1. The number of rotatable bonds is 5. The lowest BCUT2D eigenvalue weighted by molar-refractivity contribution is 0.0539. The quantitative estimate of drug-likeness (QED) is 0.831. The molecule has 0 amide bonds. The summed E-state index contributed by atoms with van der Waals surface area (Å²) in [6, 6.07) is 2.62. The van der Waals surface area contributed by atoms with Gasteiger partial charge in [-0.1, -0.05) is 6.92 Å². The number of ether oxygens (including phenoxy) is 1. The number of furan rings is 1. The highest BCUT2D eigenvalue weighted by molar-refractivity contribution is 5.08. The molecule has 90 valence electrons. The molecule has 0 spiro atoms. The lowest BCUT2D eigenvalue weighted by Crippen LogP contribution is -2.40. The molecule has 1 saturated heterocycles. The zero-order valence-corrected chi connectivity index (χ0v) is 9.95. The maximum Gasteiger partial charge on any atom is 0.0935 e. The van der Waals surface area contributed by atoms with E-state index in [1.165, 1.54) is 18.4 Å². The molecular formula is C13H21NO2. The van der Waals surface area contributed by atoms with Crippen LogP contribution in [0.5, 0.6) is 0 Å². The normalized spacial score (nSPS) is 19.8. The minimum absolute atomic E-state index is 0.562. The summed E-state index contributed by atoms with van der Waals surface area (Å²) in [5.74, 6) is 0.739. The van der Waals surface area contributed by atoms with Crippen LogP contribution in [0.3, 0.4) is 0 Å². The Morgan fingerprint density at radius 1 is 1.44 bits per heavy atom. The van der Waals surface area contributed by atoms with Crippen LogP contribution < -0.4 is 5.32 Å². The Bertz CT molecular complexity index is 278. The van der Waals surface area contributed by atoms with Crippen LogP contribution in [0.1, 0.15) is 25.3 Å². The van der Waals surface area contributed by atoms with Crippen molar-refractivity contribution in [2.45, 2.75) is 32.2 Å². The molecule has 0 bridgehead atoms. The van der Waals surface area contributed by atoms with E-state index in [4.69, 9.17) is 9.15 Å². The van der Waals surface area contributed by atoms with E-state index >= 15 is 0 Å². The molecular weight excluding hydrogens is 202 g/mol. The molecule has 1 atom stereocenters. The fourth-order valence-corrected chi connectivity index (χ4v) is 2.45. The third-order valence-electron chi connectivity index (χ3n) is 3.34. The Kier molecular flexibility index (Phi) is 4.43. The average Bonchev–Trinajstić information content (AvgIpc) is 2.83. The minimum Gasteiger partial charge on any atom is -0.472 e. The topological polar surface area (TPSA) is 34.4 Å². The molecule has 16 heavy (non-hydrogen) atoms. The second-order valence-electron chi connectivity index (χ2n) is 4.45. The van der Waals surface area contributed by atoms with E-state index < -0.39 is 0 Å². The maximum atomic E-state index is 5.42. The monoisotopic (exact) mass is 223 g/mol.